The zero-order chi connectivity index (χ0) is 10.5. The molecular formula is C12H11IN2O. The third-order valence-corrected chi connectivity index (χ3v) is 2.11. The predicted molar refractivity (Wildman–Crippen MR) is 55.2 cm³/mol. The SMILES string of the molecule is O=C(C[n+]1ccccc1)c1ccncc1.[I-]. The largest absolute Gasteiger partial charge is 1.00 e. The third-order valence-electron chi connectivity index (χ3n) is 2.11. The molecule has 0 fully saturated rings. The van der Waals surface area contributed by atoms with Crippen molar-refractivity contribution in [2.45, 2.75) is 6.54 Å². The quantitative estimate of drug-likeness (QED) is 0.381. The Hall–Kier alpha value is -1.30. The number of carbonyl (C=O) groups excluding carboxylic acids is 1. The maximum atomic E-state index is 11.8. The van der Waals surface area contributed by atoms with Gasteiger partial charge in [0.25, 0.3) is 0 Å². The zero-order valence-corrected chi connectivity index (χ0v) is 10.7. The topological polar surface area (TPSA) is 33.8 Å². The summed E-state index contributed by atoms with van der Waals surface area (Å²) < 4.78 is 1.85. The molecule has 82 valence electrons. The van der Waals surface area contributed by atoms with Crippen LogP contribution in [0.15, 0.2) is 55.1 Å². The molecule has 0 saturated carbocycles. The molecule has 2 aromatic rings. The fraction of sp³-hybridized carbons (Fsp3) is 0.0833. The number of pyridine rings is 2. The van der Waals surface area contributed by atoms with Gasteiger partial charge in [-0.1, -0.05) is 6.07 Å². The van der Waals surface area contributed by atoms with Gasteiger partial charge in [-0.25, -0.2) is 0 Å². The van der Waals surface area contributed by atoms with Crippen LogP contribution >= 0.6 is 0 Å². The van der Waals surface area contributed by atoms with Crippen molar-refractivity contribution in [1.29, 1.82) is 0 Å². The third kappa shape index (κ3) is 3.37. The van der Waals surface area contributed by atoms with E-state index in [4.69, 9.17) is 0 Å². The Labute approximate surface area is 111 Å². The summed E-state index contributed by atoms with van der Waals surface area (Å²) >= 11 is 0. The van der Waals surface area contributed by atoms with Crippen molar-refractivity contribution in [3.05, 3.63) is 60.7 Å². The van der Waals surface area contributed by atoms with E-state index in [0.29, 0.717) is 12.1 Å². The van der Waals surface area contributed by atoms with E-state index in [0.717, 1.165) is 0 Å². The second kappa shape index (κ2) is 6.32. The van der Waals surface area contributed by atoms with Crippen LogP contribution in [0.4, 0.5) is 0 Å². The Bertz CT molecular complexity index is 445. The highest BCUT2D eigenvalue weighted by Gasteiger charge is 2.10. The molecule has 0 unspecified atom stereocenters. The Kier molecular flexibility index (Phi) is 5.04. The van der Waals surface area contributed by atoms with Gasteiger partial charge in [-0.2, -0.15) is 4.57 Å². The molecular weight excluding hydrogens is 315 g/mol. The number of ketones is 1. The summed E-state index contributed by atoms with van der Waals surface area (Å²) in [6.45, 7) is 0.366. The normalized spacial score (nSPS) is 9.25. The number of rotatable bonds is 3. The summed E-state index contributed by atoms with van der Waals surface area (Å²) in [4.78, 5) is 15.6. The van der Waals surface area contributed by atoms with E-state index in [1.54, 1.807) is 24.5 Å². The first kappa shape index (κ1) is 12.8. The minimum absolute atomic E-state index is 0. The molecule has 0 N–H and O–H groups in total. The Morgan fingerprint density at radius 3 is 2.38 bits per heavy atom. The van der Waals surface area contributed by atoms with E-state index >= 15 is 0 Å². The van der Waals surface area contributed by atoms with E-state index in [9.17, 15) is 4.79 Å². The first-order chi connectivity index (χ1) is 7.36. The van der Waals surface area contributed by atoms with Gasteiger partial charge in [-0.05, 0) is 12.1 Å². The average molecular weight is 326 g/mol. The van der Waals surface area contributed by atoms with Gasteiger partial charge in [-0.3, -0.25) is 9.78 Å². The molecule has 0 aliphatic carbocycles. The van der Waals surface area contributed by atoms with E-state index < -0.39 is 0 Å². The first-order valence-corrected chi connectivity index (χ1v) is 4.73. The van der Waals surface area contributed by atoms with Gasteiger partial charge in [0.1, 0.15) is 0 Å². The number of nitrogens with zero attached hydrogens (tertiary/aromatic N) is 2. The predicted octanol–water partition coefficient (Wildman–Crippen LogP) is -1.74. The fourth-order valence-electron chi connectivity index (χ4n) is 1.33. The van der Waals surface area contributed by atoms with Crippen LogP contribution in [-0.4, -0.2) is 10.8 Å². The van der Waals surface area contributed by atoms with Crippen LogP contribution in [0.1, 0.15) is 10.4 Å². The Morgan fingerprint density at radius 1 is 1.12 bits per heavy atom. The number of hydrogen-bond acceptors (Lipinski definition) is 2. The second-order valence-electron chi connectivity index (χ2n) is 3.21. The van der Waals surface area contributed by atoms with Crippen molar-refractivity contribution in [1.82, 2.24) is 4.98 Å². The van der Waals surface area contributed by atoms with Crippen LogP contribution in [0.5, 0.6) is 0 Å². The minimum Gasteiger partial charge on any atom is -1.00 e. The molecule has 4 heteroatoms. The molecule has 16 heavy (non-hydrogen) atoms. The molecule has 2 rings (SSSR count). The van der Waals surface area contributed by atoms with Gasteiger partial charge in [0.2, 0.25) is 12.3 Å². The molecule has 2 aromatic heterocycles. The van der Waals surface area contributed by atoms with E-state index in [-0.39, 0.29) is 29.8 Å². The lowest BCUT2D eigenvalue weighted by Crippen LogP contribution is -3.00. The summed E-state index contributed by atoms with van der Waals surface area (Å²) in [6.07, 6.45) is 7.00. The highest BCUT2D eigenvalue weighted by Crippen LogP contribution is 1.97. The van der Waals surface area contributed by atoms with Crippen molar-refractivity contribution in [2.75, 3.05) is 0 Å². The molecule has 0 atom stereocenters. The molecule has 0 bridgehead atoms. The molecule has 3 nitrogen and oxygen atoms in total. The van der Waals surface area contributed by atoms with Gasteiger partial charge in [0.15, 0.2) is 12.4 Å². The summed E-state index contributed by atoms with van der Waals surface area (Å²) in [5.41, 5.74) is 0.696. The maximum Gasteiger partial charge on any atom is 0.227 e. The van der Waals surface area contributed by atoms with Crippen LogP contribution < -0.4 is 28.5 Å². The number of hydrogen-bond donors (Lipinski definition) is 0. The average Bonchev–Trinajstić information content (AvgIpc) is 2.31. The maximum absolute atomic E-state index is 11.8. The van der Waals surface area contributed by atoms with E-state index in [2.05, 4.69) is 4.98 Å². The molecule has 0 saturated heterocycles. The van der Waals surface area contributed by atoms with Crippen LogP contribution in [0, 0.1) is 0 Å². The Balaban J connectivity index is 0.00000128. The van der Waals surface area contributed by atoms with Crippen LogP contribution in [0.2, 0.25) is 0 Å². The number of halogens is 1. The summed E-state index contributed by atoms with van der Waals surface area (Å²) in [6, 6.07) is 9.19. The molecule has 0 amide bonds. The highest BCUT2D eigenvalue weighted by atomic mass is 127. The van der Waals surface area contributed by atoms with Gasteiger partial charge in [0.05, 0.1) is 0 Å². The lowest BCUT2D eigenvalue weighted by atomic mass is 10.2. The van der Waals surface area contributed by atoms with Crippen LogP contribution in [0.3, 0.4) is 0 Å². The van der Waals surface area contributed by atoms with Gasteiger partial charge in [0, 0.05) is 30.1 Å². The van der Waals surface area contributed by atoms with Crippen LogP contribution in [0.25, 0.3) is 0 Å². The Morgan fingerprint density at radius 2 is 1.75 bits per heavy atom. The van der Waals surface area contributed by atoms with Crippen LogP contribution in [-0.2, 0) is 6.54 Å². The van der Waals surface area contributed by atoms with Crippen molar-refractivity contribution in [3.63, 3.8) is 0 Å². The number of carbonyl (C=O) groups is 1. The summed E-state index contributed by atoms with van der Waals surface area (Å²) in [5.74, 6) is 0.0913. The molecule has 0 aromatic carbocycles. The molecule has 2 heterocycles. The van der Waals surface area contributed by atoms with Gasteiger partial charge >= 0.3 is 0 Å². The van der Waals surface area contributed by atoms with Gasteiger partial charge < -0.3 is 24.0 Å². The molecule has 0 aliphatic heterocycles. The zero-order valence-electron chi connectivity index (χ0n) is 8.58. The lowest BCUT2D eigenvalue weighted by molar-refractivity contribution is -0.683. The highest BCUT2D eigenvalue weighted by molar-refractivity contribution is 5.94. The number of Topliss-reactive ketones (excluding diaryl/α,β-unsaturated/α-hetero) is 1. The second-order valence-corrected chi connectivity index (χ2v) is 3.21. The van der Waals surface area contributed by atoms with Crippen molar-refractivity contribution < 1.29 is 33.3 Å². The monoisotopic (exact) mass is 326 g/mol. The standard InChI is InChI=1S/C12H11N2O.HI/c15-12(11-4-6-13-7-5-11)10-14-8-2-1-3-9-14;/h1-9H,10H2;1H/q+1;/p-1. The lowest BCUT2D eigenvalue weighted by Gasteiger charge is -1.96. The van der Waals surface area contributed by atoms with Crippen molar-refractivity contribution in [2.24, 2.45) is 0 Å². The summed E-state index contributed by atoms with van der Waals surface area (Å²) in [5, 5.41) is 0. The van der Waals surface area contributed by atoms with Crippen molar-refractivity contribution >= 4 is 5.78 Å². The van der Waals surface area contributed by atoms with E-state index in [1.165, 1.54) is 0 Å². The van der Waals surface area contributed by atoms with Gasteiger partial charge in [-0.15, -0.1) is 0 Å². The number of aromatic nitrogens is 2. The fourth-order valence-corrected chi connectivity index (χ4v) is 1.33. The van der Waals surface area contributed by atoms with Crippen molar-refractivity contribution in [3.8, 4) is 0 Å². The molecule has 0 aliphatic rings. The van der Waals surface area contributed by atoms with E-state index in [1.807, 2.05) is 35.2 Å². The minimum atomic E-state index is 0. The summed E-state index contributed by atoms with van der Waals surface area (Å²) in [7, 11) is 0. The first-order valence-electron chi connectivity index (χ1n) is 4.73. The smallest absolute Gasteiger partial charge is 0.227 e. The molecule has 0 spiro atoms. The molecule has 0 radical (unpaired) electrons.